The SMILES string of the molecule is COc1ccc(N(C)CC(CO)(NC(C)C)C2CC2)cc1. The third-order valence-corrected chi connectivity index (χ3v) is 4.25. The van der Waals surface area contributed by atoms with Gasteiger partial charge in [-0.1, -0.05) is 13.8 Å². The van der Waals surface area contributed by atoms with Gasteiger partial charge in [-0.25, -0.2) is 0 Å². The number of ether oxygens (including phenoxy) is 1. The molecule has 2 rings (SSSR count). The van der Waals surface area contributed by atoms with Crippen molar-refractivity contribution in [2.24, 2.45) is 5.92 Å². The van der Waals surface area contributed by atoms with Crippen LogP contribution in [0.25, 0.3) is 0 Å². The van der Waals surface area contributed by atoms with Crippen molar-refractivity contribution < 1.29 is 9.84 Å². The number of hydrogen-bond donors (Lipinski definition) is 2. The zero-order chi connectivity index (χ0) is 15.5. The van der Waals surface area contributed by atoms with Gasteiger partial charge in [-0.15, -0.1) is 0 Å². The molecule has 0 aliphatic heterocycles. The summed E-state index contributed by atoms with van der Waals surface area (Å²) in [7, 11) is 3.76. The normalized spacial score (nSPS) is 17.6. The first-order chi connectivity index (χ1) is 10.0. The van der Waals surface area contributed by atoms with Gasteiger partial charge in [0.1, 0.15) is 5.75 Å². The van der Waals surface area contributed by atoms with Crippen LogP contribution in [0.15, 0.2) is 24.3 Å². The molecule has 2 N–H and O–H groups in total. The highest BCUT2D eigenvalue weighted by molar-refractivity contribution is 5.49. The lowest BCUT2D eigenvalue weighted by Gasteiger charge is -2.39. The Hall–Kier alpha value is -1.26. The van der Waals surface area contributed by atoms with E-state index in [2.05, 4.69) is 43.2 Å². The number of anilines is 1. The van der Waals surface area contributed by atoms with Gasteiger partial charge < -0.3 is 20.1 Å². The molecule has 4 nitrogen and oxygen atoms in total. The van der Waals surface area contributed by atoms with E-state index in [0.717, 1.165) is 18.0 Å². The lowest BCUT2D eigenvalue weighted by atomic mass is 9.92. The third-order valence-electron chi connectivity index (χ3n) is 4.25. The first-order valence-electron chi connectivity index (χ1n) is 7.74. The molecule has 1 aromatic rings. The average Bonchev–Trinajstić information content (AvgIpc) is 3.31. The van der Waals surface area contributed by atoms with Gasteiger partial charge in [-0.3, -0.25) is 0 Å². The Balaban J connectivity index is 2.11. The van der Waals surface area contributed by atoms with Gasteiger partial charge in [0.25, 0.3) is 0 Å². The molecule has 118 valence electrons. The number of nitrogens with zero attached hydrogens (tertiary/aromatic N) is 1. The summed E-state index contributed by atoms with van der Waals surface area (Å²) in [6.45, 7) is 5.26. The topological polar surface area (TPSA) is 44.7 Å². The molecular weight excluding hydrogens is 264 g/mol. The van der Waals surface area contributed by atoms with Crippen molar-refractivity contribution in [3.63, 3.8) is 0 Å². The van der Waals surface area contributed by atoms with Crippen LogP contribution in [0.2, 0.25) is 0 Å². The van der Waals surface area contributed by atoms with Crippen LogP contribution in [0, 0.1) is 5.92 Å². The second-order valence-corrected chi connectivity index (χ2v) is 6.44. The van der Waals surface area contributed by atoms with E-state index < -0.39 is 0 Å². The monoisotopic (exact) mass is 292 g/mol. The fourth-order valence-electron chi connectivity index (χ4n) is 3.08. The third kappa shape index (κ3) is 3.89. The fraction of sp³-hybridized carbons (Fsp3) is 0.647. The van der Waals surface area contributed by atoms with Crippen LogP contribution in [0.4, 0.5) is 5.69 Å². The summed E-state index contributed by atoms with van der Waals surface area (Å²) < 4.78 is 5.20. The van der Waals surface area contributed by atoms with E-state index in [4.69, 9.17) is 4.74 Å². The molecule has 0 bridgehead atoms. The standard InChI is InChI=1S/C17H28N2O2/c1-13(2)18-17(12-20,14-5-6-14)11-19(3)15-7-9-16(21-4)10-8-15/h7-10,13-14,18,20H,5-6,11-12H2,1-4H3. The van der Waals surface area contributed by atoms with Crippen molar-refractivity contribution in [3.05, 3.63) is 24.3 Å². The Bertz CT molecular complexity index is 443. The van der Waals surface area contributed by atoms with Crippen LogP contribution < -0.4 is 15.0 Å². The molecule has 0 aromatic heterocycles. The van der Waals surface area contributed by atoms with Crippen molar-refractivity contribution in [2.75, 3.05) is 32.2 Å². The quantitative estimate of drug-likeness (QED) is 0.771. The van der Waals surface area contributed by atoms with E-state index in [1.165, 1.54) is 12.8 Å². The van der Waals surface area contributed by atoms with Crippen LogP contribution in [-0.4, -0.2) is 44.0 Å². The zero-order valence-corrected chi connectivity index (χ0v) is 13.6. The second kappa shape index (κ2) is 6.67. The van der Waals surface area contributed by atoms with E-state index in [1.807, 2.05) is 12.1 Å². The first kappa shape index (κ1) is 16.1. The Morgan fingerprint density at radius 3 is 2.38 bits per heavy atom. The minimum absolute atomic E-state index is 0.177. The van der Waals surface area contributed by atoms with Crippen molar-refractivity contribution in [1.82, 2.24) is 5.32 Å². The first-order valence-corrected chi connectivity index (χ1v) is 7.74. The Morgan fingerprint density at radius 2 is 1.95 bits per heavy atom. The van der Waals surface area contributed by atoms with Crippen molar-refractivity contribution in [1.29, 1.82) is 0 Å². The average molecular weight is 292 g/mol. The minimum atomic E-state index is -0.206. The van der Waals surface area contributed by atoms with Crippen LogP contribution in [0.5, 0.6) is 5.75 Å². The summed E-state index contributed by atoms with van der Waals surface area (Å²) in [5.41, 5.74) is 0.933. The van der Waals surface area contributed by atoms with Crippen LogP contribution in [0.1, 0.15) is 26.7 Å². The maximum atomic E-state index is 10.0. The number of aliphatic hydroxyl groups excluding tert-OH is 1. The van der Waals surface area contributed by atoms with E-state index in [9.17, 15) is 5.11 Å². The summed E-state index contributed by atoms with van der Waals surface area (Å²) in [6.07, 6.45) is 2.41. The van der Waals surface area contributed by atoms with Gasteiger partial charge in [0.2, 0.25) is 0 Å². The molecule has 0 radical (unpaired) electrons. The summed E-state index contributed by atoms with van der Waals surface area (Å²) >= 11 is 0. The van der Waals surface area contributed by atoms with Crippen molar-refractivity contribution in [2.45, 2.75) is 38.3 Å². The molecule has 4 heteroatoms. The molecule has 0 amide bonds. The maximum absolute atomic E-state index is 10.0. The number of aliphatic hydroxyl groups is 1. The molecular formula is C17H28N2O2. The minimum Gasteiger partial charge on any atom is -0.497 e. The van der Waals surface area contributed by atoms with Gasteiger partial charge in [0.05, 0.1) is 19.3 Å². The highest BCUT2D eigenvalue weighted by Crippen LogP contribution is 2.40. The van der Waals surface area contributed by atoms with Gasteiger partial charge in [-0.2, -0.15) is 0 Å². The van der Waals surface area contributed by atoms with Gasteiger partial charge >= 0.3 is 0 Å². The number of rotatable bonds is 8. The Morgan fingerprint density at radius 1 is 1.33 bits per heavy atom. The maximum Gasteiger partial charge on any atom is 0.119 e. The number of hydrogen-bond acceptors (Lipinski definition) is 4. The highest BCUT2D eigenvalue weighted by Gasteiger charge is 2.45. The number of methoxy groups -OCH3 is 1. The Kier molecular flexibility index (Phi) is 5.12. The van der Waals surface area contributed by atoms with Crippen LogP contribution in [-0.2, 0) is 0 Å². The molecule has 1 aliphatic carbocycles. The zero-order valence-electron chi connectivity index (χ0n) is 13.6. The predicted molar refractivity (Wildman–Crippen MR) is 87.1 cm³/mol. The van der Waals surface area contributed by atoms with Gasteiger partial charge in [-0.05, 0) is 43.0 Å². The van der Waals surface area contributed by atoms with Gasteiger partial charge in [0, 0.05) is 25.3 Å². The smallest absolute Gasteiger partial charge is 0.119 e. The number of likely N-dealkylation sites (N-methyl/N-ethyl adjacent to an activating group) is 1. The second-order valence-electron chi connectivity index (χ2n) is 6.44. The van der Waals surface area contributed by atoms with E-state index >= 15 is 0 Å². The molecule has 0 spiro atoms. The fourth-order valence-corrected chi connectivity index (χ4v) is 3.08. The van der Waals surface area contributed by atoms with Crippen LogP contribution in [0.3, 0.4) is 0 Å². The molecule has 1 saturated carbocycles. The molecule has 0 saturated heterocycles. The van der Waals surface area contributed by atoms with E-state index in [0.29, 0.717) is 12.0 Å². The molecule has 21 heavy (non-hydrogen) atoms. The molecule has 1 aliphatic rings. The van der Waals surface area contributed by atoms with E-state index in [-0.39, 0.29) is 12.1 Å². The molecule has 0 heterocycles. The Labute approximate surface area is 128 Å². The largest absolute Gasteiger partial charge is 0.497 e. The van der Waals surface area contributed by atoms with Gasteiger partial charge in [0.15, 0.2) is 0 Å². The summed E-state index contributed by atoms with van der Waals surface area (Å²) in [5.74, 6) is 1.44. The number of nitrogens with one attached hydrogen (secondary N) is 1. The lowest BCUT2D eigenvalue weighted by molar-refractivity contribution is 0.136. The molecule has 1 aromatic carbocycles. The lowest BCUT2D eigenvalue weighted by Crippen LogP contribution is -2.59. The van der Waals surface area contributed by atoms with Crippen molar-refractivity contribution >= 4 is 5.69 Å². The molecule has 1 atom stereocenters. The summed E-state index contributed by atoms with van der Waals surface area (Å²) in [5, 5.41) is 13.6. The summed E-state index contributed by atoms with van der Waals surface area (Å²) in [4.78, 5) is 2.21. The van der Waals surface area contributed by atoms with E-state index in [1.54, 1.807) is 7.11 Å². The highest BCUT2D eigenvalue weighted by atomic mass is 16.5. The van der Waals surface area contributed by atoms with Crippen molar-refractivity contribution in [3.8, 4) is 5.75 Å². The number of benzene rings is 1. The summed E-state index contributed by atoms with van der Waals surface area (Å²) in [6, 6.07) is 8.42. The molecule has 1 unspecified atom stereocenters. The molecule has 1 fully saturated rings. The van der Waals surface area contributed by atoms with Crippen LogP contribution >= 0.6 is 0 Å². The predicted octanol–water partition coefficient (Wildman–Crippen LogP) is 2.27.